The highest BCUT2D eigenvalue weighted by Gasteiger charge is 2.49. The van der Waals surface area contributed by atoms with Crippen molar-refractivity contribution < 1.29 is 35.5 Å². The van der Waals surface area contributed by atoms with Crippen molar-refractivity contribution in [2.24, 2.45) is 0 Å². The Kier molecular flexibility index (Phi) is 4.52. The molecule has 0 saturated heterocycles. The fraction of sp³-hybridized carbons (Fsp3) is 0.300. The lowest BCUT2D eigenvalue weighted by Gasteiger charge is -2.16. The van der Waals surface area contributed by atoms with Crippen LogP contribution in [0.2, 0.25) is 5.02 Å². The summed E-state index contributed by atoms with van der Waals surface area (Å²) in [5.41, 5.74) is -2.12. The van der Waals surface area contributed by atoms with Gasteiger partial charge in [-0.25, -0.2) is 8.78 Å². The predicted molar refractivity (Wildman–Crippen MR) is 56.0 cm³/mol. The van der Waals surface area contributed by atoms with E-state index in [9.17, 15) is 35.5 Å². The van der Waals surface area contributed by atoms with Gasteiger partial charge in [-0.3, -0.25) is 4.79 Å². The third-order valence-corrected chi connectivity index (χ3v) is 2.44. The smallest absolute Gasteiger partial charge is 0.321 e. The number of anilines is 1. The van der Waals surface area contributed by atoms with E-state index in [0.717, 1.165) is 6.07 Å². The summed E-state index contributed by atoms with van der Waals surface area (Å²) < 4.78 is 86.4. The maximum Gasteiger partial charge on any atom is 0.417 e. The second-order valence-corrected chi connectivity index (χ2v) is 3.98. The molecule has 1 N–H and O–H groups in total. The summed E-state index contributed by atoms with van der Waals surface area (Å²) in [7, 11) is 0. The van der Waals surface area contributed by atoms with Gasteiger partial charge in [0, 0.05) is 5.69 Å². The highest BCUT2D eigenvalue weighted by molar-refractivity contribution is 6.31. The molecule has 0 radical (unpaired) electrons. The molecule has 0 aliphatic carbocycles. The molecule has 0 heterocycles. The number of halogens is 8. The summed E-state index contributed by atoms with van der Waals surface area (Å²) in [5.74, 6) is -7.43. The van der Waals surface area contributed by atoms with Gasteiger partial charge in [0.15, 0.2) is 0 Å². The summed E-state index contributed by atoms with van der Waals surface area (Å²) in [6.45, 7) is 0. The average molecular weight is 324 g/mol. The van der Waals surface area contributed by atoms with Gasteiger partial charge in [-0.05, 0) is 18.2 Å². The molecule has 2 nitrogen and oxygen atoms in total. The molecular weight excluding hydrogens is 319 g/mol. The first-order valence-corrected chi connectivity index (χ1v) is 5.18. The third-order valence-electron chi connectivity index (χ3n) is 2.11. The van der Waals surface area contributed by atoms with Gasteiger partial charge in [-0.15, -0.1) is 0 Å². The summed E-state index contributed by atoms with van der Waals surface area (Å²) >= 11 is 5.26. The number of hydrogen-bond donors (Lipinski definition) is 1. The van der Waals surface area contributed by atoms with Crippen LogP contribution in [0.25, 0.3) is 0 Å². The van der Waals surface area contributed by atoms with E-state index in [1.54, 1.807) is 0 Å². The van der Waals surface area contributed by atoms with Crippen LogP contribution in [0.4, 0.5) is 36.4 Å². The Balaban J connectivity index is 3.04. The molecule has 1 amide bonds. The summed E-state index contributed by atoms with van der Waals surface area (Å²) in [4.78, 5) is 10.9. The maximum atomic E-state index is 12.6. The summed E-state index contributed by atoms with van der Waals surface area (Å²) in [5, 5.41) is 0.550. The standard InChI is InChI=1S/C10H5ClF7NO/c11-6-2-1-4(3-5(6)10(16,17)18)19-8(20)9(14,15)7(12)13/h1-3,7H,(H,19,20). The molecule has 0 aliphatic heterocycles. The number of carbonyl (C=O) groups is 1. The van der Waals surface area contributed by atoms with Crippen molar-refractivity contribution in [3.8, 4) is 0 Å². The second kappa shape index (κ2) is 5.47. The highest BCUT2D eigenvalue weighted by Crippen LogP contribution is 2.36. The van der Waals surface area contributed by atoms with Gasteiger partial charge in [-0.1, -0.05) is 11.6 Å². The van der Waals surface area contributed by atoms with E-state index in [1.165, 1.54) is 5.32 Å². The highest BCUT2D eigenvalue weighted by atomic mass is 35.5. The zero-order valence-corrected chi connectivity index (χ0v) is 10.00. The van der Waals surface area contributed by atoms with Gasteiger partial charge in [0.25, 0.3) is 0 Å². The van der Waals surface area contributed by atoms with Crippen LogP contribution in [0.3, 0.4) is 0 Å². The van der Waals surface area contributed by atoms with Crippen LogP contribution in [0, 0.1) is 0 Å². The van der Waals surface area contributed by atoms with Crippen molar-refractivity contribution in [3.05, 3.63) is 28.8 Å². The van der Waals surface area contributed by atoms with E-state index < -0.39 is 40.7 Å². The molecule has 0 fully saturated rings. The Bertz CT molecular complexity index is 515. The van der Waals surface area contributed by atoms with Gasteiger partial charge in [0.1, 0.15) is 0 Å². The maximum absolute atomic E-state index is 12.6. The van der Waals surface area contributed by atoms with E-state index in [2.05, 4.69) is 0 Å². The lowest BCUT2D eigenvalue weighted by molar-refractivity contribution is -0.163. The Morgan fingerprint density at radius 3 is 2.15 bits per heavy atom. The van der Waals surface area contributed by atoms with Crippen molar-refractivity contribution in [1.82, 2.24) is 0 Å². The monoisotopic (exact) mass is 323 g/mol. The number of nitrogens with one attached hydrogen (secondary N) is 1. The van der Waals surface area contributed by atoms with Crippen LogP contribution >= 0.6 is 11.6 Å². The van der Waals surface area contributed by atoms with E-state index in [0.29, 0.717) is 6.07 Å². The number of alkyl halides is 7. The Hall–Kier alpha value is -1.51. The largest absolute Gasteiger partial charge is 0.417 e. The minimum absolute atomic E-state index is 0.266. The molecule has 0 saturated carbocycles. The van der Waals surface area contributed by atoms with Gasteiger partial charge in [0.05, 0.1) is 10.6 Å². The van der Waals surface area contributed by atoms with Crippen LogP contribution in [0.5, 0.6) is 0 Å². The zero-order chi connectivity index (χ0) is 15.7. The van der Waals surface area contributed by atoms with Crippen LogP contribution < -0.4 is 5.32 Å². The topological polar surface area (TPSA) is 29.1 Å². The van der Waals surface area contributed by atoms with Crippen LogP contribution in [-0.2, 0) is 11.0 Å². The number of hydrogen-bond acceptors (Lipinski definition) is 1. The van der Waals surface area contributed by atoms with Crippen LogP contribution in [0.1, 0.15) is 5.56 Å². The minimum atomic E-state index is -5.02. The number of benzene rings is 1. The van der Waals surface area contributed by atoms with Gasteiger partial charge in [-0.2, -0.15) is 22.0 Å². The minimum Gasteiger partial charge on any atom is -0.321 e. The first-order chi connectivity index (χ1) is 8.96. The van der Waals surface area contributed by atoms with Crippen LogP contribution in [-0.4, -0.2) is 18.3 Å². The van der Waals surface area contributed by atoms with E-state index in [1.807, 2.05) is 0 Å². The number of rotatable bonds is 3. The van der Waals surface area contributed by atoms with Crippen molar-refractivity contribution in [3.63, 3.8) is 0 Å². The van der Waals surface area contributed by atoms with Crippen molar-refractivity contribution >= 4 is 23.2 Å². The van der Waals surface area contributed by atoms with Gasteiger partial charge >= 0.3 is 24.4 Å². The van der Waals surface area contributed by atoms with Crippen molar-refractivity contribution in [2.45, 2.75) is 18.5 Å². The average Bonchev–Trinajstić information content (AvgIpc) is 2.29. The Morgan fingerprint density at radius 2 is 1.70 bits per heavy atom. The molecule has 0 atom stereocenters. The molecule has 0 bridgehead atoms. The zero-order valence-electron chi connectivity index (χ0n) is 9.24. The molecule has 0 spiro atoms. The summed E-state index contributed by atoms with van der Waals surface area (Å²) in [6.07, 6.45) is -9.17. The van der Waals surface area contributed by atoms with Crippen molar-refractivity contribution in [2.75, 3.05) is 5.32 Å². The first kappa shape index (κ1) is 16.5. The van der Waals surface area contributed by atoms with Crippen LogP contribution in [0.15, 0.2) is 18.2 Å². The van der Waals surface area contributed by atoms with E-state index in [-0.39, 0.29) is 6.07 Å². The molecule has 0 aromatic heterocycles. The fourth-order valence-corrected chi connectivity index (χ4v) is 1.36. The number of carbonyl (C=O) groups excluding carboxylic acids is 1. The molecule has 112 valence electrons. The molecule has 1 aromatic rings. The lowest BCUT2D eigenvalue weighted by atomic mass is 10.2. The molecule has 0 unspecified atom stereocenters. The quantitative estimate of drug-likeness (QED) is 0.830. The third kappa shape index (κ3) is 3.53. The number of amides is 1. The molecule has 1 aromatic carbocycles. The molecular formula is C10H5ClF7NO. The normalized spacial score (nSPS) is 12.7. The van der Waals surface area contributed by atoms with E-state index >= 15 is 0 Å². The fourth-order valence-electron chi connectivity index (χ4n) is 1.13. The second-order valence-electron chi connectivity index (χ2n) is 3.57. The molecule has 10 heteroatoms. The Labute approximate surface area is 112 Å². The summed E-state index contributed by atoms with van der Waals surface area (Å²) in [6, 6.07) is 1.74. The SMILES string of the molecule is O=C(Nc1ccc(Cl)c(C(F)(F)F)c1)C(F)(F)C(F)F. The molecule has 1 rings (SSSR count). The Morgan fingerprint density at radius 1 is 1.15 bits per heavy atom. The van der Waals surface area contributed by atoms with Gasteiger partial charge in [0.2, 0.25) is 0 Å². The first-order valence-electron chi connectivity index (χ1n) is 4.80. The molecule has 20 heavy (non-hydrogen) atoms. The lowest BCUT2D eigenvalue weighted by Crippen LogP contribution is -2.41. The van der Waals surface area contributed by atoms with E-state index in [4.69, 9.17) is 11.6 Å². The predicted octanol–water partition coefficient (Wildman–Crippen LogP) is 4.20. The molecule has 0 aliphatic rings. The van der Waals surface area contributed by atoms with Gasteiger partial charge < -0.3 is 5.32 Å². The van der Waals surface area contributed by atoms with Crippen molar-refractivity contribution in [1.29, 1.82) is 0 Å².